The lowest BCUT2D eigenvalue weighted by molar-refractivity contribution is 0.0971. The number of carbonyl (C=O) groups excluding carboxylic acids is 2. The van der Waals surface area contributed by atoms with Gasteiger partial charge < -0.3 is 9.97 Å². The number of hydrogen-bond donors (Lipinski definition) is 2. The molecule has 5 rings (SSSR count). The summed E-state index contributed by atoms with van der Waals surface area (Å²) in [7, 11) is 0. The predicted octanol–water partition coefficient (Wildman–Crippen LogP) is 7.95. The van der Waals surface area contributed by atoms with E-state index in [1.54, 1.807) is 12.1 Å². The second kappa shape index (κ2) is 13.5. The maximum absolute atomic E-state index is 13.7. The fourth-order valence-electron chi connectivity index (χ4n) is 6.22. The normalized spacial score (nSPS) is 12.7. The van der Waals surface area contributed by atoms with Gasteiger partial charge in [0.15, 0.2) is 0 Å². The van der Waals surface area contributed by atoms with E-state index in [4.69, 9.17) is 0 Å². The van der Waals surface area contributed by atoms with E-state index in [0.717, 1.165) is 49.7 Å². The third kappa shape index (κ3) is 6.04. The number of aromatic amines is 2. The average Bonchev–Trinajstić information content (AvgIpc) is 2.99. The third-order valence-electron chi connectivity index (χ3n) is 8.68. The van der Waals surface area contributed by atoms with Gasteiger partial charge in [-0.3, -0.25) is 19.2 Å². The first-order valence-electron chi connectivity index (χ1n) is 15.9. The zero-order valence-corrected chi connectivity index (χ0v) is 25.0. The molecule has 0 amide bonds. The number of H-pyrrole nitrogens is 2. The maximum Gasteiger partial charge on any atom is 0.216 e. The number of aromatic nitrogens is 2. The number of unbranched alkanes of at least 4 members (excludes halogenated alkanes) is 10. The Labute approximate surface area is 247 Å². The van der Waals surface area contributed by atoms with E-state index < -0.39 is 22.4 Å². The van der Waals surface area contributed by atoms with Crippen molar-refractivity contribution in [2.75, 3.05) is 0 Å². The Morgan fingerprint density at radius 1 is 0.500 bits per heavy atom. The molecule has 220 valence electrons. The zero-order chi connectivity index (χ0) is 29.6. The third-order valence-corrected chi connectivity index (χ3v) is 8.68. The summed E-state index contributed by atoms with van der Waals surface area (Å²) in [6.07, 6.45) is 15.9. The molecule has 2 N–H and O–H groups in total. The molecule has 1 aliphatic rings. The van der Waals surface area contributed by atoms with Gasteiger partial charge in [-0.05, 0) is 61.1 Å². The molecule has 0 unspecified atom stereocenters. The Morgan fingerprint density at radius 2 is 0.881 bits per heavy atom. The van der Waals surface area contributed by atoms with E-state index in [9.17, 15) is 19.2 Å². The first-order chi connectivity index (χ1) is 20.4. The number of aryl methyl sites for hydroxylation is 2. The standard InChI is InChI=1S/C36H42N2O4/c1-3-5-7-9-11-13-15-23-17-19-27-25(21-23)33(39)29-31(37-27)36(42)30-32(35(29)41)38-28-20-18-24(22-26(28)34(30)40)16-14-12-10-8-6-4-2/h17-22H,3-16H2,1-2H3,(H,37,39)(H,38,40). The molecule has 2 aromatic heterocycles. The summed E-state index contributed by atoms with van der Waals surface area (Å²) in [6.45, 7) is 4.41. The van der Waals surface area contributed by atoms with E-state index in [1.807, 2.05) is 24.3 Å². The van der Waals surface area contributed by atoms with E-state index in [0.29, 0.717) is 21.8 Å². The molecular formula is C36H42N2O4. The number of rotatable bonds is 14. The number of carbonyl (C=O) groups is 2. The molecule has 42 heavy (non-hydrogen) atoms. The van der Waals surface area contributed by atoms with Crippen LogP contribution in [0.3, 0.4) is 0 Å². The van der Waals surface area contributed by atoms with Crippen molar-refractivity contribution in [1.29, 1.82) is 0 Å². The van der Waals surface area contributed by atoms with Crippen molar-refractivity contribution in [3.8, 4) is 0 Å². The first-order valence-corrected chi connectivity index (χ1v) is 15.9. The number of pyridine rings is 2. The second-order valence-electron chi connectivity index (χ2n) is 11.9. The number of benzene rings is 2. The van der Waals surface area contributed by atoms with Crippen molar-refractivity contribution in [3.05, 3.63) is 90.5 Å². The van der Waals surface area contributed by atoms with E-state index in [1.165, 1.54) is 51.4 Å². The van der Waals surface area contributed by atoms with Crippen LogP contribution in [0.1, 0.15) is 134 Å². The maximum atomic E-state index is 13.7. The van der Waals surface area contributed by atoms with Crippen LogP contribution in [-0.4, -0.2) is 21.5 Å². The highest BCUT2D eigenvalue weighted by Gasteiger charge is 2.36. The minimum Gasteiger partial charge on any atom is -0.351 e. The van der Waals surface area contributed by atoms with E-state index in [2.05, 4.69) is 23.8 Å². The summed E-state index contributed by atoms with van der Waals surface area (Å²) in [5.74, 6) is -1.22. The average molecular weight is 567 g/mol. The number of nitrogens with one attached hydrogen (secondary N) is 2. The lowest BCUT2D eigenvalue weighted by atomic mass is 9.87. The molecule has 2 heterocycles. The smallest absolute Gasteiger partial charge is 0.216 e. The fourth-order valence-corrected chi connectivity index (χ4v) is 6.22. The Balaban J connectivity index is 1.42. The summed E-state index contributed by atoms with van der Waals surface area (Å²) >= 11 is 0. The van der Waals surface area contributed by atoms with Gasteiger partial charge in [0, 0.05) is 21.8 Å². The molecule has 0 fully saturated rings. The molecule has 1 aliphatic carbocycles. The fraction of sp³-hybridized carbons (Fsp3) is 0.444. The van der Waals surface area contributed by atoms with E-state index >= 15 is 0 Å². The van der Waals surface area contributed by atoms with Crippen LogP contribution in [0.15, 0.2) is 46.0 Å². The minimum atomic E-state index is -0.612. The molecule has 6 nitrogen and oxygen atoms in total. The predicted molar refractivity (Wildman–Crippen MR) is 170 cm³/mol. The van der Waals surface area contributed by atoms with Crippen LogP contribution in [0, 0.1) is 0 Å². The highest BCUT2D eigenvalue weighted by atomic mass is 16.2. The highest BCUT2D eigenvalue weighted by Crippen LogP contribution is 2.26. The summed E-state index contributed by atoms with van der Waals surface area (Å²) < 4.78 is 0. The van der Waals surface area contributed by atoms with Crippen molar-refractivity contribution >= 4 is 33.4 Å². The number of hydrogen-bond acceptors (Lipinski definition) is 4. The van der Waals surface area contributed by atoms with Crippen molar-refractivity contribution in [2.45, 2.75) is 104 Å². The number of fused-ring (bicyclic) bond motifs is 4. The molecular weight excluding hydrogens is 524 g/mol. The largest absolute Gasteiger partial charge is 0.351 e. The molecule has 6 heteroatoms. The Bertz CT molecular complexity index is 1610. The van der Waals surface area contributed by atoms with Crippen molar-refractivity contribution in [1.82, 2.24) is 9.97 Å². The van der Waals surface area contributed by atoms with Gasteiger partial charge in [0.2, 0.25) is 22.4 Å². The molecule has 0 radical (unpaired) electrons. The molecule has 0 saturated carbocycles. The summed E-state index contributed by atoms with van der Waals surface area (Å²) in [5, 5.41) is 0.786. The van der Waals surface area contributed by atoms with E-state index in [-0.39, 0.29) is 22.5 Å². The Kier molecular flexibility index (Phi) is 9.51. The van der Waals surface area contributed by atoms with Crippen molar-refractivity contribution in [3.63, 3.8) is 0 Å². The van der Waals surface area contributed by atoms with Gasteiger partial charge in [-0.2, -0.15) is 0 Å². The zero-order valence-electron chi connectivity index (χ0n) is 25.0. The Morgan fingerprint density at radius 3 is 1.29 bits per heavy atom. The van der Waals surface area contributed by atoms with Crippen molar-refractivity contribution in [2.24, 2.45) is 0 Å². The van der Waals surface area contributed by atoms with Crippen LogP contribution in [0.2, 0.25) is 0 Å². The molecule has 0 spiro atoms. The molecule has 0 saturated heterocycles. The second-order valence-corrected chi connectivity index (χ2v) is 11.9. The van der Waals surface area contributed by atoms with Crippen LogP contribution in [-0.2, 0) is 12.8 Å². The van der Waals surface area contributed by atoms with Gasteiger partial charge in [-0.25, -0.2) is 0 Å². The van der Waals surface area contributed by atoms with Gasteiger partial charge in [0.05, 0.1) is 11.1 Å². The summed E-state index contributed by atoms with van der Waals surface area (Å²) in [4.78, 5) is 60.7. The van der Waals surface area contributed by atoms with Gasteiger partial charge in [-0.1, -0.05) is 90.2 Å². The van der Waals surface area contributed by atoms with Crippen LogP contribution in [0.5, 0.6) is 0 Å². The first kappa shape index (κ1) is 29.7. The van der Waals surface area contributed by atoms with Gasteiger partial charge in [-0.15, -0.1) is 0 Å². The summed E-state index contributed by atoms with van der Waals surface area (Å²) in [5.41, 5.74) is 1.55. The quantitative estimate of drug-likeness (QED) is 0.133. The lowest BCUT2D eigenvalue weighted by Crippen LogP contribution is -2.34. The lowest BCUT2D eigenvalue weighted by Gasteiger charge is -2.18. The highest BCUT2D eigenvalue weighted by molar-refractivity contribution is 6.28. The topological polar surface area (TPSA) is 99.9 Å². The molecule has 0 bridgehead atoms. The molecule has 2 aromatic carbocycles. The van der Waals surface area contributed by atoms with Crippen LogP contribution < -0.4 is 10.9 Å². The van der Waals surface area contributed by atoms with Gasteiger partial charge in [0.1, 0.15) is 11.4 Å². The van der Waals surface area contributed by atoms with Gasteiger partial charge >= 0.3 is 0 Å². The SMILES string of the molecule is CCCCCCCCc1ccc2[nH]c3c(c(=O)c2c1)C(=O)c1[nH]c2ccc(CCCCCCCC)cc2c(=O)c1C3=O. The minimum absolute atomic E-state index is 0.0956. The van der Waals surface area contributed by atoms with Crippen LogP contribution in [0.25, 0.3) is 21.8 Å². The van der Waals surface area contributed by atoms with Crippen LogP contribution in [0.4, 0.5) is 0 Å². The molecule has 0 atom stereocenters. The monoisotopic (exact) mass is 566 g/mol. The summed E-state index contributed by atoms with van der Waals surface area (Å²) in [6, 6.07) is 11.2. The molecule has 4 aromatic rings. The Hall–Kier alpha value is -3.80. The van der Waals surface area contributed by atoms with Crippen LogP contribution >= 0.6 is 0 Å². The molecule has 0 aliphatic heterocycles. The number of ketones is 2. The van der Waals surface area contributed by atoms with Gasteiger partial charge in [0.25, 0.3) is 0 Å². The van der Waals surface area contributed by atoms with Crippen molar-refractivity contribution < 1.29 is 9.59 Å².